The van der Waals surface area contributed by atoms with Crippen LogP contribution in [-0.4, -0.2) is 75.8 Å². The van der Waals surface area contributed by atoms with Crippen LogP contribution in [0.1, 0.15) is 362 Å². The minimum Gasteiger partial charge on any atom is -0.400 e. The van der Waals surface area contributed by atoms with Crippen molar-refractivity contribution in [3.05, 3.63) is 479 Å². The number of carbonyl (C=O) groups excluding carboxylic acids is 1. The standard InChI is InChI=1S/3C20H17N.C13H10O.C7H9N.2C6H6.2C2H6O.21C2H6.2CH4O/c3*1-16-10-8-9-15-19(16)21-20(17-11-4-2-5-12-17)18-13-6-3-7-14-18;14-13(11-7-3-1-4-8-11)12-9-5-2-6-10-12;1-6-4-2-3-5-7(6)8;2*1-2-4-6-5-3-1;2*1-3-2;23*1-2/h3*2-15H,1H3;1-10H;2-5H,8H2,1H3;2*1-6H;2*1-2H3;21*1-2H3;2*2H,1H3. The summed E-state index contributed by atoms with van der Waals surface area (Å²) in [6.07, 6.45) is 0. The number of nitrogens with zero attached hydrogens (tertiary/aromatic N) is 3. The summed E-state index contributed by atoms with van der Waals surface area (Å²) in [6, 6.07) is 137. The van der Waals surface area contributed by atoms with Gasteiger partial charge in [-0.25, -0.2) is 15.0 Å². The van der Waals surface area contributed by atoms with Crippen LogP contribution in [0.25, 0.3) is 0 Å². The molecule has 0 atom stereocenters. The molecule has 14 aromatic carbocycles. The van der Waals surface area contributed by atoms with Crippen molar-refractivity contribution in [1.82, 2.24) is 0 Å². The minimum atomic E-state index is 0.0752. The lowest BCUT2D eigenvalue weighted by molar-refractivity contribution is 0.103. The Morgan fingerprint density at radius 1 is 0.168 bits per heavy atom. The Morgan fingerprint density at radius 2 is 0.268 bits per heavy atom. The van der Waals surface area contributed by atoms with Crippen LogP contribution in [0.3, 0.4) is 0 Å². The van der Waals surface area contributed by atoms with Gasteiger partial charge in [0.2, 0.25) is 0 Å². The first-order chi connectivity index (χ1) is 73.5. The van der Waals surface area contributed by atoms with Gasteiger partial charge in [0.25, 0.3) is 0 Å². The molecule has 0 saturated carbocycles. The number of nitrogen functional groups attached to an aromatic ring is 1. The number of hydrogen-bond acceptors (Lipinski definition) is 9. The van der Waals surface area contributed by atoms with Crippen molar-refractivity contribution in [3.8, 4) is 0 Å². The van der Waals surface area contributed by atoms with Gasteiger partial charge in [-0.3, -0.25) is 4.79 Å². The van der Waals surface area contributed by atoms with Gasteiger partial charge in [0.15, 0.2) is 5.78 Å². The number of ketones is 1. The molecule has 0 spiro atoms. The second-order valence-corrected chi connectivity index (χ2v) is 23.0. The van der Waals surface area contributed by atoms with Gasteiger partial charge in [0.05, 0.1) is 34.2 Å². The van der Waals surface area contributed by atoms with E-state index in [9.17, 15) is 4.79 Å². The fourth-order valence-electron chi connectivity index (χ4n) is 9.59. The molecule has 0 saturated heterocycles. The zero-order chi connectivity index (χ0) is 119. The third-order valence-electron chi connectivity index (χ3n) is 14.9. The Hall–Kier alpha value is -12.6. The highest BCUT2D eigenvalue weighted by Crippen LogP contribution is 2.25. The van der Waals surface area contributed by atoms with Crippen molar-refractivity contribution < 1.29 is 24.5 Å². The molecule has 0 aromatic heterocycles. The minimum absolute atomic E-state index is 0.0752. The van der Waals surface area contributed by atoms with E-state index in [2.05, 4.69) is 139 Å². The van der Waals surface area contributed by atoms with E-state index in [1.54, 1.807) is 28.4 Å². The molecule has 14 rings (SSSR count). The van der Waals surface area contributed by atoms with Crippen LogP contribution >= 0.6 is 0 Å². The van der Waals surface area contributed by atoms with Crippen molar-refractivity contribution in [2.45, 2.75) is 318 Å². The fourth-order valence-corrected chi connectivity index (χ4v) is 9.59. The number of nitrogens with two attached hydrogens (primary N) is 1. The number of methoxy groups -OCH3 is 2. The molecule has 0 radical (unpaired) electrons. The van der Waals surface area contributed by atoms with Gasteiger partial charge in [0, 0.05) is 92.9 Å². The molecule has 0 aliphatic rings. The number of carbonyl (C=O) groups is 1. The maximum Gasteiger partial charge on any atom is 0.193 e. The summed E-state index contributed by atoms with van der Waals surface area (Å²) in [4.78, 5) is 26.6. The molecular weight excluding hydrogens is 1820 g/mol. The fraction of sp³-hybridized carbons (Fsp3) is 0.371. The Labute approximate surface area is 925 Å². The van der Waals surface area contributed by atoms with Crippen LogP contribution < -0.4 is 5.73 Å². The number of hydrogen-bond donors (Lipinski definition) is 3. The molecule has 0 unspecified atom stereocenters. The second-order valence-electron chi connectivity index (χ2n) is 23.0. The van der Waals surface area contributed by atoms with Crippen molar-refractivity contribution in [2.75, 3.05) is 48.4 Å². The zero-order valence-corrected chi connectivity index (χ0v) is 105. The monoisotopic (exact) mass is 2050 g/mol. The molecule has 0 fully saturated rings. The predicted octanol–water partition coefficient (Wildman–Crippen LogP) is 44.7. The molecular formula is C140H228N4O5. The van der Waals surface area contributed by atoms with Crippen molar-refractivity contribution >= 4 is 45.7 Å². The smallest absolute Gasteiger partial charge is 0.193 e. The third-order valence-corrected chi connectivity index (χ3v) is 14.9. The van der Waals surface area contributed by atoms with Gasteiger partial charge in [-0.1, -0.05) is 679 Å². The van der Waals surface area contributed by atoms with Gasteiger partial charge >= 0.3 is 0 Å². The molecule has 14 aromatic rings. The molecule has 838 valence electrons. The van der Waals surface area contributed by atoms with Crippen LogP contribution in [0.5, 0.6) is 0 Å². The highest BCUT2D eigenvalue weighted by molar-refractivity contribution is 6.15. The molecule has 9 heteroatoms. The number of para-hydroxylation sites is 4. The second kappa shape index (κ2) is 169. The van der Waals surface area contributed by atoms with Crippen molar-refractivity contribution in [2.24, 2.45) is 15.0 Å². The lowest BCUT2D eigenvalue weighted by Gasteiger charge is -2.08. The van der Waals surface area contributed by atoms with Crippen LogP contribution in [0, 0.1) is 27.7 Å². The van der Waals surface area contributed by atoms with E-state index >= 15 is 0 Å². The summed E-state index contributed by atoms with van der Waals surface area (Å²) in [7, 11) is 8.50. The maximum atomic E-state index is 11.8. The van der Waals surface area contributed by atoms with E-state index in [-0.39, 0.29) is 5.78 Å². The van der Waals surface area contributed by atoms with Crippen LogP contribution in [-0.2, 0) is 9.47 Å². The summed E-state index contributed by atoms with van der Waals surface area (Å²) >= 11 is 0. The maximum absolute atomic E-state index is 11.8. The SMILES string of the molecule is CC.CC.CC.CC.CC.CC.CC.CC.CC.CC.CC.CC.CC.CC.CC.CC.CC.CC.CC.CC.CC.CO.CO.COC.COC.Cc1ccccc1N.Cc1ccccc1N=C(c1ccccc1)c1ccccc1.Cc1ccccc1N=C(c1ccccc1)c1ccccc1.Cc1ccccc1N=C(c1ccccc1)c1ccccc1.O=C(c1ccccc1)c1ccccc1.c1ccccc1.c1ccccc1. The normalized spacial score (nSPS) is 7.50. The summed E-state index contributed by atoms with van der Waals surface area (Å²) in [6.45, 7) is 92.3. The van der Waals surface area contributed by atoms with E-state index in [0.717, 1.165) is 104 Å². The Bertz CT molecular complexity index is 4040. The topological polar surface area (TPSA) is 139 Å². The number of anilines is 1. The van der Waals surface area contributed by atoms with E-state index in [1.165, 1.54) is 16.7 Å². The molecule has 149 heavy (non-hydrogen) atoms. The molecule has 0 bridgehead atoms. The van der Waals surface area contributed by atoms with Gasteiger partial charge in [-0.2, -0.15) is 0 Å². The quantitative estimate of drug-likeness (QED) is 0.0670. The highest BCUT2D eigenvalue weighted by Gasteiger charge is 2.11. The van der Waals surface area contributed by atoms with Crippen LogP contribution in [0.4, 0.5) is 22.7 Å². The van der Waals surface area contributed by atoms with Gasteiger partial charge in [0.1, 0.15) is 0 Å². The summed E-state index contributed by atoms with van der Waals surface area (Å²) in [5, 5.41) is 14.0. The summed E-state index contributed by atoms with van der Waals surface area (Å²) in [5.74, 6) is 0.0752. The first-order valence-corrected chi connectivity index (χ1v) is 56.0. The van der Waals surface area contributed by atoms with Gasteiger partial charge in [-0.15, -0.1) is 0 Å². The lowest BCUT2D eigenvalue weighted by atomic mass is 10.0. The molecule has 0 aliphatic heterocycles. The van der Waals surface area contributed by atoms with E-state index in [0.29, 0.717) is 0 Å². The van der Waals surface area contributed by atoms with Crippen LogP contribution in [0.2, 0.25) is 0 Å². The summed E-state index contributed by atoms with van der Waals surface area (Å²) in [5.41, 5.74) is 25.4. The molecule has 0 amide bonds. The number of aliphatic imine (C=N–C) groups is 3. The highest BCUT2D eigenvalue weighted by atomic mass is 16.5. The average Bonchev–Trinajstić information content (AvgIpc) is 0.838. The Morgan fingerprint density at radius 3 is 0.383 bits per heavy atom. The molecule has 4 N–H and O–H groups in total. The number of aliphatic hydroxyl groups is 2. The van der Waals surface area contributed by atoms with Gasteiger partial charge in [-0.05, 0) is 74.2 Å². The number of aryl methyl sites for hydroxylation is 4. The number of benzene rings is 14. The van der Waals surface area contributed by atoms with E-state index in [4.69, 9.17) is 30.9 Å². The molecule has 0 aliphatic carbocycles. The van der Waals surface area contributed by atoms with Crippen molar-refractivity contribution in [1.29, 1.82) is 0 Å². The summed E-state index contributed by atoms with van der Waals surface area (Å²) < 4.78 is 8.50. The first kappa shape index (κ1) is 178. The van der Waals surface area contributed by atoms with Crippen molar-refractivity contribution in [3.63, 3.8) is 0 Å². The van der Waals surface area contributed by atoms with Gasteiger partial charge < -0.3 is 25.4 Å². The number of aliphatic hydroxyl groups excluding tert-OH is 2. The lowest BCUT2D eigenvalue weighted by Crippen LogP contribution is -2.02. The predicted molar refractivity (Wildman–Crippen MR) is 693 cm³/mol. The molecule has 9 nitrogen and oxygen atoms in total. The third kappa shape index (κ3) is 105. The number of rotatable bonds is 11. The average molecular weight is 2050 g/mol. The zero-order valence-electron chi connectivity index (χ0n) is 105. The van der Waals surface area contributed by atoms with Crippen LogP contribution in [0.15, 0.2) is 427 Å². The van der Waals surface area contributed by atoms with E-state index in [1.807, 2.05) is 601 Å². The first-order valence-electron chi connectivity index (χ1n) is 56.0. The largest absolute Gasteiger partial charge is 0.400 e. The Kier molecular flexibility index (Phi) is 202. The Balaban J connectivity index is -0.0000000798. The number of ether oxygens (including phenoxy) is 2. The van der Waals surface area contributed by atoms with E-state index < -0.39 is 0 Å². The molecule has 0 heterocycles.